The number of ether oxygens (including phenoxy) is 1. The van der Waals surface area contributed by atoms with Crippen LogP contribution in [0.2, 0.25) is 0 Å². The van der Waals surface area contributed by atoms with Crippen molar-refractivity contribution in [1.29, 1.82) is 0 Å². The third-order valence-electron chi connectivity index (χ3n) is 6.59. The van der Waals surface area contributed by atoms with E-state index in [0.717, 1.165) is 44.9 Å². The number of aromatic hydroxyl groups is 1. The molecular weight excluding hydrogens is 526 g/mol. The van der Waals surface area contributed by atoms with Crippen molar-refractivity contribution in [3.63, 3.8) is 0 Å². The van der Waals surface area contributed by atoms with E-state index in [1.165, 1.54) is 0 Å². The lowest BCUT2D eigenvalue weighted by Crippen LogP contribution is -2.54. The molecule has 8 nitrogen and oxygen atoms in total. The summed E-state index contributed by atoms with van der Waals surface area (Å²) in [6.07, 6.45) is 8.36. The highest BCUT2D eigenvalue weighted by Crippen LogP contribution is 2.28. The molecule has 0 radical (unpaired) electrons. The average molecular weight is 580 g/mol. The number of phenols is 1. The first-order valence-electron chi connectivity index (χ1n) is 14.7. The molecule has 0 aliphatic heterocycles. The molecule has 0 saturated carbocycles. The van der Waals surface area contributed by atoms with Crippen LogP contribution in [0.5, 0.6) is 5.75 Å². The zero-order valence-electron chi connectivity index (χ0n) is 26.0. The minimum absolute atomic E-state index is 0.0631. The first-order chi connectivity index (χ1) is 18.8. The number of carbonyl (C=O) groups excluding carboxylic acids is 3. The van der Waals surface area contributed by atoms with Gasteiger partial charge in [0.25, 0.3) is 0 Å². The van der Waals surface area contributed by atoms with E-state index in [2.05, 4.69) is 24.5 Å². The first kappa shape index (κ1) is 35.6. The third kappa shape index (κ3) is 12.8. The molecule has 3 N–H and O–H groups in total. The van der Waals surface area contributed by atoms with Gasteiger partial charge in [-0.1, -0.05) is 52.0 Å². The zero-order valence-corrected chi connectivity index (χ0v) is 26.8. The molecule has 0 heterocycles. The van der Waals surface area contributed by atoms with Crippen LogP contribution in [-0.4, -0.2) is 64.2 Å². The van der Waals surface area contributed by atoms with Gasteiger partial charge in [0, 0.05) is 12.6 Å². The van der Waals surface area contributed by atoms with Gasteiger partial charge in [0.15, 0.2) is 0 Å². The van der Waals surface area contributed by atoms with Crippen LogP contribution < -0.4 is 10.6 Å². The summed E-state index contributed by atoms with van der Waals surface area (Å²) in [5.74, 6) is 0.196. The maximum atomic E-state index is 14.3. The standard InChI is InChI=1S/C31H53N3O5S/c1-9-11-12-13-14-19-34(29(37)25(18-20-40-8)33-30(38)39-31(5,6)7)27(28(36)32-23(4)15-10-2)24-16-17-26(35)22(3)21-24/h16-17,21,23,25,27,35H,9-15,18-20H2,1-8H3,(H,32,36)(H,33,38). The van der Waals surface area contributed by atoms with Gasteiger partial charge in [0.1, 0.15) is 23.4 Å². The maximum Gasteiger partial charge on any atom is 0.408 e. The number of rotatable bonds is 17. The van der Waals surface area contributed by atoms with Gasteiger partial charge in [-0.3, -0.25) is 9.59 Å². The number of hydrogen-bond donors (Lipinski definition) is 3. The van der Waals surface area contributed by atoms with E-state index in [1.807, 2.05) is 13.2 Å². The summed E-state index contributed by atoms with van der Waals surface area (Å²) in [4.78, 5) is 42.5. The molecule has 0 bridgehead atoms. The monoisotopic (exact) mass is 579 g/mol. The molecule has 0 aliphatic carbocycles. The fraction of sp³-hybridized carbons (Fsp3) is 0.710. The number of amides is 3. The average Bonchev–Trinajstić information content (AvgIpc) is 2.86. The van der Waals surface area contributed by atoms with E-state index in [0.29, 0.717) is 29.8 Å². The van der Waals surface area contributed by atoms with Gasteiger partial charge in [0.05, 0.1) is 0 Å². The Hall–Kier alpha value is -2.42. The van der Waals surface area contributed by atoms with E-state index in [-0.39, 0.29) is 23.6 Å². The zero-order chi connectivity index (χ0) is 30.3. The highest BCUT2D eigenvalue weighted by atomic mass is 32.2. The van der Waals surface area contributed by atoms with E-state index < -0.39 is 23.8 Å². The van der Waals surface area contributed by atoms with Gasteiger partial charge in [-0.15, -0.1) is 0 Å². The molecule has 3 atom stereocenters. The second-order valence-corrected chi connectivity index (χ2v) is 12.6. The normalized spacial score (nSPS) is 13.7. The number of benzene rings is 1. The number of aryl methyl sites for hydroxylation is 1. The predicted octanol–water partition coefficient (Wildman–Crippen LogP) is 6.49. The summed E-state index contributed by atoms with van der Waals surface area (Å²) in [6, 6.07) is 3.21. The van der Waals surface area contributed by atoms with Crippen molar-refractivity contribution in [1.82, 2.24) is 15.5 Å². The summed E-state index contributed by atoms with van der Waals surface area (Å²) >= 11 is 1.58. The van der Waals surface area contributed by atoms with Crippen molar-refractivity contribution < 1.29 is 24.2 Å². The molecule has 9 heteroatoms. The predicted molar refractivity (Wildman–Crippen MR) is 165 cm³/mol. The molecule has 3 amide bonds. The van der Waals surface area contributed by atoms with E-state index in [9.17, 15) is 19.5 Å². The second-order valence-electron chi connectivity index (χ2n) is 11.6. The Morgan fingerprint density at radius 1 is 1.02 bits per heavy atom. The smallest absolute Gasteiger partial charge is 0.408 e. The van der Waals surface area contributed by atoms with Crippen molar-refractivity contribution in [2.45, 2.75) is 124 Å². The van der Waals surface area contributed by atoms with Crippen LogP contribution in [0.1, 0.15) is 110 Å². The Morgan fingerprint density at radius 2 is 1.70 bits per heavy atom. The van der Waals surface area contributed by atoms with Crippen LogP contribution >= 0.6 is 11.8 Å². The van der Waals surface area contributed by atoms with Crippen LogP contribution in [0.15, 0.2) is 18.2 Å². The number of phenolic OH excluding ortho intramolecular Hbond substituents is 1. The third-order valence-corrected chi connectivity index (χ3v) is 7.24. The van der Waals surface area contributed by atoms with Crippen molar-refractivity contribution in [3.8, 4) is 5.75 Å². The van der Waals surface area contributed by atoms with Gasteiger partial charge in [-0.25, -0.2) is 4.79 Å². The maximum absolute atomic E-state index is 14.3. The summed E-state index contributed by atoms with van der Waals surface area (Å²) in [5.41, 5.74) is 0.537. The SMILES string of the molecule is CCCCCCCN(C(=O)C(CCSC)NC(=O)OC(C)(C)C)C(C(=O)NC(C)CCC)c1ccc(O)c(C)c1. The Balaban J connectivity index is 3.52. The van der Waals surface area contributed by atoms with Crippen molar-refractivity contribution in [2.75, 3.05) is 18.6 Å². The Kier molecular flexibility index (Phi) is 16.1. The minimum Gasteiger partial charge on any atom is -0.508 e. The van der Waals surface area contributed by atoms with Crippen LogP contribution in [0.4, 0.5) is 4.79 Å². The van der Waals surface area contributed by atoms with E-state index in [1.54, 1.807) is 62.6 Å². The molecule has 0 aliphatic rings. The minimum atomic E-state index is -0.908. The van der Waals surface area contributed by atoms with Crippen molar-refractivity contribution in [3.05, 3.63) is 29.3 Å². The lowest BCUT2D eigenvalue weighted by molar-refractivity contribution is -0.143. The largest absolute Gasteiger partial charge is 0.508 e. The van der Waals surface area contributed by atoms with Crippen LogP contribution in [0.25, 0.3) is 0 Å². The number of carbonyl (C=O) groups is 3. The molecule has 0 spiro atoms. The number of unbranched alkanes of at least 4 members (excludes halogenated alkanes) is 4. The Labute approximate surface area is 246 Å². The van der Waals surface area contributed by atoms with E-state index >= 15 is 0 Å². The van der Waals surface area contributed by atoms with Gasteiger partial charge >= 0.3 is 6.09 Å². The summed E-state index contributed by atoms with van der Waals surface area (Å²) < 4.78 is 5.47. The Morgan fingerprint density at radius 3 is 2.27 bits per heavy atom. The van der Waals surface area contributed by atoms with Gasteiger partial charge < -0.3 is 25.4 Å². The molecule has 228 valence electrons. The fourth-order valence-electron chi connectivity index (χ4n) is 4.54. The highest BCUT2D eigenvalue weighted by Gasteiger charge is 2.36. The number of alkyl carbamates (subject to hydrolysis) is 1. The van der Waals surface area contributed by atoms with E-state index in [4.69, 9.17) is 4.74 Å². The molecule has 0 aromatic heterocycles. The highest BCUT2D eigenvalue weighted by molar-refractivity contribution is 7.98. The number of nitrogens with one attached hydrogen (secondary N) is 2. The van der Waals surface area contributed by atoms with Crippen LogP contribution in [0.3, 0.4) is 0 Å². The number of thioether (sulfide) groups is 1. The van der Waals surface area contributed by atoms with Crippen LogP contribution in [0, 0.1) is 6.92 Å². The number of hydrogen-bond acceptors (Lipinski definition) is 6. The topological polar surface area (TPSA) is 108 Å². The number of nitrogens with zero attached hydrogens (tertiary/aromatic N) is 1. The summed E-state index contributed by atoms with van der Waals surface area (Å²) in [6.45, 7) is 13.7. The van der Waals surface area contributed by atoms with Gasteiger partial charge in [-0.05, 0) is 89.1 Å². The summed E-state index contributed by atoms with van der Waals surface area (Å²) in [7, 11) is 0. The lowest BCUT2D eigenvalue weighted by Gasteiger charge is -2.35. The second kappa shape index (κ2) is 18.1. The first-order valence-corrected chi connectivity index (χ1v) is 16.1. The van der Waals surface area contributed by atoms with Crippen LogP contribution in [-0.2, 0) is 14.3 Å². The molecule has 1 rings (SSSR count). The van der Waals surface area contributed by atoms with Crippen molar-refractivity contribution >= 4 is 29.7 Å². The van der Waals surface area contributed by atoms with Gasteiger partial charge in [-0.2, -0.15) is 11.8 Å². The quantitative estimate of drug-likeness (QED) is 0.182. The molecular formula is C31H53N3O5S. The summed E-state index contributed by atoms with van der Waals surface area (Å²) in [5, 5.41) is 16.1. The molecule has 1 aromatic carbocycles. The molecule has 0 saturated heterocycles. The Bertz CT molecular complexity index is 934. The molecule has 0 fully saturated rings. The fourth-order valence-corrected chi connectivity index (χ4v) is 5.02. The van der Waals surface area contributed by atoms with Crippen molar-refractivity contribution in [2.24, 2.45) is 0 Å². The molecule has 40 heavy (non-hydrogen) atoms. The van der Waals surface area contributed by atoms with Gasteiger partial charge in [0.2, 0.25) is 11.8 Å². The lowest BCUT2D eigenvalue weighted by atomic mass is 9.99. The molecule has 1 aromatic rings. The molecule has 3 unspecified atom stereocenters.